The smallest absolute Gasteiger partial charge is 0.0411 e. The zero-order valence-electron chi connectivity index (χ0n) is 7.74. The monoisotopic (exact) mass is 180 g/mol. The van der Waals surface area contributed by atoms with Crippen molar-refractivity contribution in [3.8, 4) is 0 Å². The zero-order valence-corrected chi connectivity index (χ0v) is 8.50. The summed E-state index contributed by atoms with van der Waals surface area (Å²) in [5.74, 6) is 0. The first-order valence-electron chi connectivity index (χ1n) is 3.95. The fourth-order valence-electron chi connectivity index (χ4n) is 1.61. The van der Waals surface area contributed by atoms with Crippen LogP contribution in [0, 0.1) is 20.8 Å². The molecule has 1 aromatic carbocycles. The number of rotatable bonds is 1. The van der Waals surface area contributed by atoms with E-state index in [-0.39, 0.29) is 0 Å². The second-order valence-electron chi connectivity index (χ2n) is 3.18. The van der Waals surface area contributed by atoms with Gasteiger partial charge < -0.3 is 0 Å². The second kappa shape index (κ2) is 3.32. The summed E-state index contributed by atoms with van der Waals surface area (Å²) in [4.78, 5) is 0. The highest BCUT2D eigenvalue weighted by molar-refractivity contribution is 6.48. The van der Waals surface area contributed by atoms with Crippen LogP contribution < -0.4 is 0 Å². The molecule has 1 rings (SSSR count). The molecule has 0 aliphatic heterocycles. The molecule has 0 heterocycles. The summed E-state index contributed by atoms with van der Waals surface area (Å²) < 4.78 is 0. The average molecular weight is 181 g/mol. The van der Waals surface area contributed by atoms with Crippen LogP contribution in [0.15, 0.2) is 18.7 Å². The van der Waals surface area contributed by atoms with E-state index in [1.165, 1.54) is 16.7 Å². The summed E-state index contributed by atoms with van der Waals surface area (Å²) in [6, 6.07) is 4.24. The van der Waals surface area contributed by atoms with Gasteiger partial charge in [-0.05, 0) is 37.5 Å². The van der Waals surface area contributed by atoms with Crippen molar-refractivity contribution >= 4 is 16.6 Å². The lowest BCUT2D eigenvalue weighted by Gasteiger charge is -2.08. The van der Waals surface area contributed by atoms with Gasteiger partial charge in [-0.3, -0.25) is 0 Å². The first kappa shape index (κ1) is 9.34. The molecule has 0 aliphatic rings. The molecule has 0 unspecified atom stereocenters. The minimum atomic E-state index is 0.630. The molecule has 0 radical (unpaired) electrons. The normalized spacial score (nSPS) is 10.0. The molecule has 0 aromatic heterocycles. The van der Waals surface area contributed by atoms with Crippen molar-refractivity contribution in [2.45, 2.75) is 20.8 Å². The van der Waals surface area contributed by atoms with Gasteiger partial charge in [-0.2, -0.15) is 0 Å². The van der Waals surface area contributed by atoms with E-state index in [9.17, 15) is 0 Å². The molecule has 0 amide bonds. The summed E-state index contributed by atoms with van der Waals surface area (Å²) in [6.07, 6.45) is 0. The SMILES string of the molecule is C=C(Cl)c1c(C)cc(C)cc1C. The molecular formula is C11H13Cl. The third kappa shape index (κ3) is 1.70. The largest absolute Gasteiger partial charge is 0.0843 e. The predicted octanol–water partition coefficient (Wildman–Crippen LogP) is 3.82. The zero-order chi connectivity index (χ0) is 9.30. The Kier molecular flexibility index (Phi) is 2.58. The third-order valence-electron chi connectivity index (χ3n) is 1.95. The maximum atomic E-state index is 5.87. The van der Waals surface area contributed by atoms with Gasteiger partial charge in [-0.15, -0.1) is 0 Å². The summed E-state index contributed by atoms with van der Waals surface area (Å²) in [5.41, 5.74) is 4.76. The van der Waals surface area contributed by atoms with E-state index in [1.807, 2.05) is 0 Å². The Morgan fingerprint density at radius 1 is 1.17 bits per heavy atom. The van der Waals surface area contributed by atoms with Gasteiger partial charge in [0.15, 0.2) is 0 Å². The van der Waals surface area contributed by atoms with E-state index in [0.717, 1.165) is 5.56 Å². The van der Waals surface area contributed by atoms with Crippen LogP contribution in [0.1, 0.15) is 22.3 Å². The number of hydrogen-bond acceptors (Lipinski definition) is 0. The lowest BCUT2D eigenvalue weighted by molar-refractivity contribution is 1.30. The van der Waals surface area contributed by atoms with Crippen LogP contribution in [-0.2, 0) is 0 Å². The first-order valence-corrected chi connectivity index (χ1v) is 4.33. The number of halogens is 1. The average Bonchev–Trinajstić information content (AvgIpc) is 1.82. The Hall–Kier alpha value is -0.750. The molecule has 0 nitrogen and oxygen atoms in total. The van der Waals surface area contributed by atoms with Crippen LogP contribution in [0.5, 0.6) is 0 Å². The molecule has 12 heavy (non-hydrogen) atoms. The highest BCUT2D eigenvalue weighted by Crippen LogP contribution is 2.25. The van der Waals surface area contributed by atoms with Crippen LogP contribution >= 0.6 is 11.6 Å². The molecule has 1 heteroatoms. The molecule has 1 aromatic rings. The Bertz CT molecular complexity index is 301. The van der Waals surface area contributed by atoms with Gasteiger partial charge in [0.2, 0.25) is 0 Å². The highest BCUT2D eigenvalue weighted by atomic mass is 35.5. The van der Waals surface area contributed by atoms with E-state index in [1.54, 1.807) is 0 Å². The Balaban J connectivity index is 3.38. The Labute approximate surface area is 78.9 Å². The molecule has 0 fully saturated rings. The molecule has 0 saturated heterocycles. The lowest BCUT2D eigenvalue weighted by atomic mass is 10.00. The number of hydrogen-bond donors (Lipinski definition) is 0. The van der Waals surface area contributed by atoms with E-state index >= 15 is 0 Å². The fraction of sp³-hybridized carbons (Fsp3) is 0.273. The van der Waals surface area contributed by atoms with Gasteiger partial charge in [0, 0.05) is 5.03 Å². The fourth-order valence-corrected chi connectivity index (χ4v) is 1.91. The molecular weight excluding hydrogens is 168 g/mol. The van der Waals surface area contributed by atoms with Gasteiger partial charge in [0.1, 0.15) is 0 Å². The van der Waals surface area contributed by atoms with E-state index in [0.29, 0.717) is 5.03 Å². The van der Waals surface area contributed by atoms with E-state index in [2.05, 4.69) is 39.5 Å². The van der Waals surface area contributed by atoms with Crippen molar-refractivity contribution in [1.82, 2.24) is 0 Å². The van der Waals surface area contributed by atoms with Crippen LogP contribution in [-0.4, -0.2) is 0 Å². The minimum absolute atomic E-state index is 0.630. The van der Waals surface area contributed by atoms with Crippen molar-refractivity contribution in [2.24, 2.45) is 0 Å². The number of benzene rings is 1. The van der Waals surface area contributed by atoms with Gasteiger partial charge in [0.05, 0.1) is 0 Å². The first-order chi connectivity index (χ1) is 5.52. The Morgan fingerprint density at radius 3 is 1.92 bits per heavy atom. The molecule has 0 N–H and O–H groups in total. The van der Waals surface area contributed by atoms with Crippen molar-refractivity contribution < 1.29 is 0 Å². The second-order valence-corrected chi connectivity index (χ2v) is 3.63. The van der Waals surface area contributed by atoms with Crippen molar-refractivity contribution in [2.75, 3.05) is 0 Å². The Morgan fingerprint density at radius 2 is 1.58 bits per heavy atom. The summed E-state index contributed by atoms with van der Waals surface area (Å²) >= 11 is 5.87. The molecule has 0 saturated carbocycles. The molecule has 0 atom stereocenters. The predicted molar refractivity (Wildman–Crippen MR) is 55.5 cm³/mol. The highest BCUT2D eigenvalue weighted by Gasteiger charge is 2.04. The molecule has 0 spiro atoms. The van der Waals surface area contributed by atoms with Gasteiger partial charge in [0.25, 0.3) is 0 Å². The van der Waals surface area contributed by atoms with Gasteiger partial charge >= 0.3 is 0 Å². The number of aryl methyl sites for hydroxylation is 3. The van der Waals surface area contributed by atoms with Crippen LogP contribution in [0.4, 0.5) is 0 Å². The quantitative estimate of drug-likeness (QED) is 0.617. The summed E-state index contributed by atoms with van der Waals surface area (Å²) in [5, 5.41) is 0.630. The van der Waals surface area contributed by atoms with Crippen LogP contribution in [0.2, 0.25) is 0 Å². The van der Waals surface area contributed by atoms with Gasteiger partial charge in [-0.25, -0.2) is 0 Å². The van der Waals surface area contributed by atoms with E-state index < -0.39 is 0 Å². The third-order valence-corrected chi connectivity index (χ3v) is 2.14. The maximum Gasteiger partial charge on any atom is 0.0411 e. The molecule has 0 aliphatic carbocycles. The molecule has 0 bridgehead atoms. The van der Waals surface area contributed by atoms with Crippen molar-refractivity contribution in [3.05, 3.63) is 41.0 Å². The van der Waals surface area contributed by atoms with Crippen LogP contribution in [0.3, 0.4) is 0 Å². The molecule has 64 valence electrons. The van der Waals surface area contributed by atoms with E-state index in [4.69, 9.17) is 11.6 Å². The van der Waals surface area contributed by atoms with Crippen molar-refractivity contribution in [3.63, 3.8) is 0 Å². The lowest BCUT2D eigenvalue weighted by Crippen LogP contribution is -1.90. The summed E-state index contributed by atoms with van der Waals surface area (Å²) in [7, 11) is 0. The summed E-state index contributed by atoms with van der Waals surface area (Å²) in [6.45, 7) is 9.94. The maximum absolute atomic E-state index is 5.87. The van der Waals surface area contributed by atoms with Gasteiger partial charge in [-0.1, -0.05) is 35.9 Å². The van der Waals surface area contributed by atoms with Crippen LogP contribution in [0.25, 0.3) is 5.03 Å². The van der Waals surface area contributed by atoms with Crippen molar-refractivity contribution in [1.29, 1.82) is 0 Å². The minimum Gasteiger partial charge on any atom is -0.0843 e. The topological polar surface area (TPSA) is 0 Å². The standard InChI is InChI=1S/C11H13Cl/c1-7-5-8(2)11(10(4)12)9(3)6-7/h5-6H,4H2,1-3H3.